The number of amides is 2. The van der Waals surface area contributed by atoms with E-state index < -0.39 is 5.97 Å². The van der Waals surface area contributed by atoms with Gasteiger partial charge < -0.3 is 15.4 Å². The molecule has 0 aliphatic rings. The predicted octanol–water partition coefficient (Wildman–Crippen LogP) is 5.10. The molecule has 0 aromatic heterocycles. The first-order chi connectivity index (χ1) is 14.8. The maximum atomic E-state index is 12.7. The van der Waals surface area contributed by atoms with E-state index in [2.05, 4.69) is 10.6 Å². The summed E-state index contributed by atoms with van der Waals surface area (Å²) in [4.78, 5) is 36.2. The molecule has 0 saturated carbocycles. The minimum Gasteiger partial charge on any atom is -0.427 e. The van der Waals surface area contributed by atoms with Crippen molar-refractivity contribution in [3.8, 4) is 5.75 Å². The lowest BCUT2D eigenvalue weighted by molar-refractivity contribution is -0.131. The number of halogens is 2. The summed E-state index contributed by atoms with van der Waals surface area (Å²) in [5.74, 6) is -0.894. The Morgan fingerprint density at radius 1 is 0.839 bits per heavy atom. The van der Waals surface area contributed by atoms with E-state index >= 15 is 0 Å². The van der Waals surface area contributed by atoms with Crippen molar-refractivity contribution in [2.75, 3.05) is 5.32 Å². The van der Waals surface area contributed by atoms with Crippen LogP contribution in [0.2, 0.25) is 10.0 Å². The SMILES string of the molecule is CC(=O)Oc1cccc(C(=O)Nc2ccccc2CNC(=O)c2ccc(Cl)c(Cl)c2)c1. The largest absolute Gasteiger partial charge is 0.427 e. The van der Waals surface area contributed by atoms with Crippen molar-refractivity contribution >= 4 is 46.7 Å². The quantitative estimate of drug-likeness (QED) is 0.399. The second-order valence-corrected chi connectivity index (χ2v) is 7.36. The Balaban J connectivity index is 1.70. The number of hydrogen-bond donors (Lipinski definition) is 2. The van der Waals surface area contributed by atoms with E-state index in [0.717, 1.165) is 0 Å². The first-order valence-electron chi connectivity index (χ1n) is 9.24. The zero-order valence-electron chi connectivity index (χ0n) is 16.4. The van der Waals surface area contributed by atoms with Gasteiger partial charge in [-0.2, -0.15) is 0 Å². The Bertz CT molecular complexity index is 1150. The normalized spacial score (nSPS) is 10.3. The van der Waals surface area contributed by atoms with E-state index in [-0.39, 0.29) is 29.1 Å². The van der Waals surface area contributed by atoms with Crippen LogP contribution in [0, 0.1) is 0 Å². The van der Waals surface area contributed by atoms with Crippen molar-refractivity contribution < 1.29 is 19.1 Å². The van der Waals surface area contributed by atoms with Gasteiger partial charge in [-0.25, -0.2) is 0 Å². The van der Waals surface area contributed by atoms with Crippen LogP contribution >= 0.6 is 23.2 Å². The Kier molecular flexibility index (Phi) is 7.28. The summed E-state index contributed by atoms with van der Waals surface area (Å²) in [5.41, 5.74) is 1.95. The number of ether oxygens (including phenoxy) is 1. The molecule has 158 valence electrons. The highest BCUT2D eigenvalue weighted by Gasteiger charge is 2.12. The number of para-hydroxylation sites is 1. The van der Waals surface area contributed by atoms with Crippen LogP contribution < -0.4 is 15.4 Å². The van der Waals surface area contributed by atoms with Gasteiger partial charge in [0, 0.05) is 30.3 Å². The van der Waals surface area contributed by atoms with Crippen LogP contribution in [0.4, 0.5) is 5.69 Å². The molecule has 6 nitrogen and oxygen atoms in total. The molecule has 0 saturated heterocycles. The van der Waals surface area contributed by atoms with Crippen LogP contribution in [0.1, 0.15) is 33.2 Å². The fourth-order valence-electron chi connectivity index (χ4n) is 2.77. The van der Waals surface area contributed by atoms with Gasteiger partial charge in [0.05, 0.1) is 10.0 Å². The number of carbonyl (C=O) groups is 3. The molecule has 2 N–H and O–H groups in total. The Labute approximate surface area is 189 Å². The summed E-state index contributed by atoms with van der Waals surface area (Å²) in [7, 11) is 0. The van der Waals surface area contributed by atoms with Gasteiger partial charge in [-0.15, -0.1) is 0 Å². The maximum absolute atomic E-state index is 12.7. The summed E-state index contributed by atoms with van der Waals surface area (Å²) in [6.45, 7) is 1.47. The zero-order chi connectivity index (χ0) is 22.4. The molecule has 0 atom stereocenters. The summed E-state index contributed by atoms with van der Waals surface area (Å²) in [6, 6.07) is 18.0. The van der Waals surface area contributed by atoms with Gasteiger partial charge in [-0.1, -0.05) is 47.5 Å². The number of rotatable bonds is 6. The molecular weight excluding hydrogens is 439 g/mol. The summed E-state index contributed by atoms with van der Waals surface area (Å²) >= 11 is 11.9. The van der Waals surface area contributed by atoms with Gasteiger partial charge in [-0.3, -0.25) is 14.4 Å². The molecule has 2 amide bonds. The molecule has 3 rings (SSSR count). The van der Waals surface area contributed by atoms with Gasteiger partial charge in [0.2, 0.25) is 0 Å². The van der Waals surface area contributed by atoms with Crippen molar-refractivity contribution in [3.63, 3.8) is 0 Å². The summed E-state index contributed by atoms with van der Waals surface area (Å²) in [6.07, 6.45) is 0. The standard InChI is InChI=1S/C23H18Cl2N2O4/c1-14(28)31-18-7-4-6-15(11-18)23(30)27-21-8-3-2-5-17(21)13-26-22(29)16-9-10-19(24)20(25)12-16/h2-12H,13H2,1H3,(H,26,29)(H,27,30). The number of anilines is 1. The van der Waals surface area contributed by atoms with Crippen molar-refractivity contribution in [3.05, 3.63) is 93.5 Å². The van der Waals surface area contributed by atoms with Crippen LogP contribution in [-0.4, -0.2) is 17.8 Å². The van der Waals surface area contributed by atoms with E-state index in [0.29, 0.717) is 27.4 Å². The van der Waals surface area contributed by atoms with Crippen LogP contribution in [0.15, 0.2) is 66.7 Å². The van der Waals surface area contributed by atoms with Crippen molar-refractivity contribution in [1.82, 2.24) is 5.32 Å². The average Bonchev–Trinajstić information content (AvgIpc) is 2.74. The second-order valence-electron chi connectivity index (χ2n) is 6.54. The van der Waals surface area contributed by atoms with E-state index in [1.54, 1.807) is 54.6 Å². The van der Waals surface area contributed by atoms with Gasteiger partial charge in [-0.05, 0) is 48.0 Å². The predicted molar refractivity (Wildman–Crippen MR) is 120 cm³/mol. The molecule has 0 unspecified atom stereocenters. The van der Waals surface area contributed by atoms with Gasteiger partial charge in [0.25, 0.3) is 11.8 Å². The summed E-state index contributed by atoms with van der Waals surface area (Å²) in [5, 5.41) is 6.27. The van der Waals surface area contributed by atoms with Crippen molar-refractivity contribution in [1.29, 1.82) is 0 Å². The average molecular weight is 457 g/mol. The second kappa shape index (κ2) is 10.1. The number of esters is 1. The van der Waals surface area contributed by atoms with Crippen LogP contribution in [0.5, 0.6) is 5.75 Å². The molecule has 8 heteroatoms. The Morgan fingerprint density at radius 3 is 2.32 bits per heavy atom. The van der Waals surface area contributed by atoms with Crippen LogP contribution in [0.3, 0.4) is 0 Å². The fraction of sp³-hybridized carbons (Fsp3) is 0.0870. The van der Waals surface area contributed by atoms with Crippen molar-refractivity contribution in [2.45, 2.75) is 13.5 Å². The molecule has 0 aliphatic carbocycles. The third-order valence-electron chi connectivity index (χ3n) is 4.24. The smallest absolute Gasteiger partial charge is 0.308 e. The number of nitrogens with one attached hydrogen (secondary N) is 2. The topological polar surface area (TPSA) is 84.5 Å². The third kappa shape index (κ3) is 6.07. The molecule has 31 heavy (non-hydrogen) atoms. The molecule has 0 spiro atoms. The van der Waals surface area contributed by atoms with E-state index in [1.807, 2.05) is 0 Å². The fourth-order valence-corrected chi connectivity index (χ4v) is 3.07. The van der Waals surface area contributed by atoms with Gasteiger partial charge >= 0.3 is 5.97 Å². The van der Waals surface area contributed by atoms with E-state index in [1.165, 1.54) is 19.1 Å². The van der Waals surface area contributed by atoms with Crippen molar-refractivity contribution in [2.24, 2.45) is 0 Å². The molecule has 0 radical (unpaired) electrons. The molecule has 3 aromatic rings. The number of carbonyl (C=O) groups excluding carboxylic acids is 3. The van der Waals surface area contributed by atoms with Gasteiger partial charge in [0.15, 0.2) is 0 Å². The zero-order valence-corrected chi connectivity index (χ0v) is 18.0. The molecule has 3 aromatic carbocycles. The summed E-state index contributed by atoms with van der Waals surface area (Å²) < 4.78 is 5.02. The monoisotopic (exact) mass is 456 g/mol. The highest BCUT2D eigenvalue weighted by Crippen LogP contribution is 2.23. The first kappa shape index (κ1) is 22.3. The molecule has 0 heterocycles. The van der Waals surface area contributed by atoms with Gasteiger partial charge in [0.1, 0.15) is 5.75 Å². The van der Waals surface area contributed by atoms with Crippen LogP contribution in [0.25, 0.3) is 0 Å². The van der Waals surface area contributed by atoms with Crippen LogP contribution in [-0.2, 0) is 11.3 Å². The maximum Gasteiger partial charge on any atom is 0.308 e. The highest BCUT2D eigenvalue weighted by atomic mass is 35.5. The number of hydrogen-bond acceptors (Lipinski definition) is 4. The first-order valence-corrected chi connectivity index (χ1v) is 10.00. The molecular formula is C23H18Cl2N2O4. The lowest BCUT2D eigenvalue weighted by Gasteiger charge is -2.13. The lowest BCUT2D eigenvalue weighted by atomic mass is 10.1. The Hall–Kier alpha value is -3.35. The Morgan fingerprint density at radius 2 is 1.58 bits per heavy atom. The molecule has 0 fully saturated rings. The minimum absolute atomic E-state index is 0.184. The molecule has 0 bridgehead atoms. The highest BCUT2D eigenvalue weighted by molar-refractivity contribution is 6.42. The number of benzene rings is 3. The third-order valence-corrected chi connectivity index (χ3v) is 4.98. The lowest BCUT2D eigenvalue weighted by Crippen LogP contribution is -2.24. The minimum atomic E-state index is -0.472. The van der Waals surface area contributed by atoms with E-state index in [9.17, 15) is 14.4 Å². The molecule has 0 aliphatic heterocycles. The van der Waals surface area contributed by atoms with E-state index in [4.69, 9.17) is 27.9 Å².